The molecule has 4 nitrogen and oxygen atoms in total. The molecule has 6 heteroatoms. The lowest BCUT2D eigenvalue weighted by atomic mass is 10.0. The van der Waals surface area contributed by atoms with Crippen LogP contribution < -0.4 is 5.32 Å². The van der Waals surface area contributed by atoms with Crippen LogP contribution in [0.25, 0.3) is 0 Å². The molecule has 0 aliphatic heterocycles. The van der Waals surface area contributed by atoms with E-state index in [0.29, 0.717) is 5.75 Å². The number of carbonyl (C=O) groups is 1. The summed E-state index contributed by atoms with van der Waals surface area (Å²) in [6.07, 6.45) is 0. The summed E-state index contributed by atoms with van der Waals surface area (Å²) < 4.78 is 0.788. The van der Waals surface area contributed by atoms with Crippen LogP contribution in [0.2, 0.25) is 0 Å². The van der Waals surface area contributed by atoms with Crippen LogP contribution >= 0.6 is 23.1 Å². The minimum absolute atomic E-state index is 0.121. The minimum Gasteiger partial charge on any atom is -0.330 e. The standard InChI is InChI=1S/C20H21N3OS2/c1-12-8-9-14(3)16(10-12)18(24)11-25-20-23-22-19(26-20)21-17-7-5-6-13(2)15(17)4/h5-10H,11H2,1-4H3,(H,21,22). The van der Waals surface area contributed by atoms with Gasteiger partial charge in [0.15, 0.2) is 10.1 Å². The van der Waals surface area contributed by atoms with E-state index in [2.05, 4.69) is 35.4 Å². The lowest BCUT2D eigenvalue weighted by molar-refractivity contribution is 0.102. The maximum atomic E-state index is 12.5. The second-order valence-electron chi connectivity index (χ2n) is 6.28. The first-order valence-corrected chi connectivity index (χ1v) is 10.1. The van der Waals surface area contributed by atoms with Crippen molar-refractivity contribution in [3.05, 3.63) is 64.2 Å². The molecule has 1 N–H and O–H groups in total. The van der Waals surface area contributed by atoms with Crippen LogP contribution in [0, 0.1) is 27.7 Å². The molecule has 3 aromatic rings. The Morgan fingerprint density at radius 1 is 1.08 bits per heavy atom. The first-order valence-electron chi connectivity index (χ1n) is 8.34. The third-order valence-corrected chi connectivity index (χ3v) is 6.24. The number of carbonyl (C=O) groups excluding carboxylic acids is 1. The summed E-state index contributed by atoms with van der Waals surface area (Å²) in [6.45, 7) is 8.13. The van der Waals surface area contributed by atoms with Gasteiger partial charge in [0.05, 0.1) is 5.75 Å². The van der Waals surface area contributed by atoms with Crippen molar-refractivity contribution in [1.82, 2.24) is 10.2 Å². The summed E-state index contributed by atoms with van der Waals surface area (Å²) >= 11 is 2.90. The molecule has 0 fully saturated rings. The van der Waals surface area contributed by atoms with Gasteiger partial charge in [-0.1, -0.05) is 52.9 Å². The molecule has 0 spiro atoms. The van der Waals surface area contributed by atoms with E-state index in [1.165, 1.54) is 34.2 Å². The Morgan fingerprint density at radius 3 is 2.69 bits per heavy atom. The average Bonchev–Trinajstić information content (AvgIpc) is 3.06. The second kappa shape index (κ2) is 8.01. The lowest BCUT2D eigenvalue weighted by Gasteiger charge is -2.08. The Hall–Kier alpha value is -2.18. The number of hydrogen-bond donors (Lipinski definition) is 1. The number of aromatic nitrogens is 2. The predicted molar refractivity (Wildman–Crippen MR) is 110 cm³/mol. The van der Waals surface area contributed by atoms with Crippen molar-refractivity contribution < 1.29 is 4.79 Å². The van der Waals surface area contributed by atoms with Gasteiger partial charge in [0.1, 0.15) is 0 Å². The van der Waals surface area contributed by atoms with Gasteiger partial charge < -0.3 is 5.32 Å². The molecule has 0 saturated carbocycles. The molecular formula is C20H21N3OS2. The van der Waals surface area contributed by atoms with E-state index in [1.807, 2.05) is 44.2 Å². The smallest absolute Gasteiger partial charge is 0.210 e. The Morgan fingerprint density at radius 2 is 1.88 bits per heavy atom. The van der Waals surface area contributed by atoms with Crippen molar-refractivity contribution in [2.75, 3.05) is 11.1 Å². The Labute approximate surface area is 162 Å². The number of nitrogens with zero attached hydrogens (tertiary/aromatic N) is 2. The van der Waals surface area contributed by atoms with Gasteiger partial charge in [-0.3, -0.25) is 4.79 Å². The van der Waals surface area contributed by atoms with Gasteiger partial charge in [-0.05, 0) is 56.5 Å². The largest absolute Gasteiger partial charge is 0.330 e. The summed E-state index contributed by atoms with van der Waals surface area (Å²) in [6, 6.07) is 12.1. The SMILES string of the molecule is Cc1ccc(C)c(C(=O)CSc2nnc(Nc3cccc(C)c3C)s2)c1. The second-order valence-corrected chi connectivity index (χ2v) is 8.48. The maximum absolute atomic E-state index is 12.5. The van der Waals surface area contributed by atoms with Crippen LogP contribution in [0.5, 0.6) is 0 Å². The van der Waals surface area contributed by atoms with E-state index in [9.17, 15) is 4.79 Å². The Balaban J connectivity index is 1.64. The summed E-state index contributed by atoms with van der Waals surface area (Å²) in [5.41, 5.74) is 6.35. The number of Topliss-reactive ketones (excluding diaryl/α,β-unsaturated/α-hetero) is 1. The van der Waals surface area contributed by atoms with Crippen LogP contribution in [0.3, 0.4) is 0 Å². The number of hydrogen-bond acceptors (Lipinski definition) is 6. The van der Waals surface area contributed by atoms with Crippen LogP contribution in [0.15, 0.2) is 40.7 Å². The van der Waals surface area contributed by atoms with E-state index < -0.39 is 0 Å². The summed E-state index contributed by atoms with van der Waals surface area (Å²) in [5, 5.41) is 12.4. The molecule has 0 aliphatic rings. The van der Waals surface area contributed by atoms with Crippen molar-refractivity contribution in [2.24, 2.45) is 0 Å². The fourth-order valence-corrected chi connectivity index (χ4v) is 4.21. The molecule has 3 rings (SSSR count). The van der Waals surface area contributed by atoms with Crippen LogP contribution in [0.4, 0.5) is 10.8 Å². The van der Waals surface area contributed by atoms with Gasteiger partial charge in [-0.25, -0.2) is 0 Å². The molecule has 0 radical (unpaired) electrons. The first-order chi connectivity index (χ1) is 12.4. The number of thioether (sulfide) groups is 1. The molecule has 1 heterocycles. The molecule has 0 aliphatic carbocycles. The van der Waals surface area contributed by atoms with Crippen molar-refractivity contribution in [1.29, 1.82) is 0 Å². The number of aryl methyl sites for hydroxylation is 3. The molecule has 0 bridgehead atoms. The monoisotopic (exact) mass is 383 g/mol. The zero-order chi connectivity index (χ0) is 18.7. The predicted octanol–water partition coefficient (Wildman–Crippen LogP) is 5.49. The molecule has 0 unspecified atom stereocenters. The Bertz CT molecular complexity index is 950. The number of anilines is 2. The molecule has 0 saturated heterocycles. The molecule has 0 atom stereocenters. The van der Waals surface area contributed by atoms with Gasteiger partial charge >= 0.3 is 0 Å². The van der Waals surface area contributed by atoms with E-state index in [1.54, 1.807) is 0 Å². The fourth-order valence-electron chi connectivity index (χ4n) is 2.56. The van der Waals surface area contributed by atoms with E-state index >= 15 is 0 Å². The summed E-state index contributed by atoms with van der Waals surface area (Å²) in [7, 11) is 0. The van der Waals surface area contributed by atoms with Gasteiger partial charge in [-0.15, -0.1) is 10.2 Å². The minimum atomic E-state index is 0.121. The third-order valence-electron chi connectivity index (χ3n) is 4.27. The fraction of sp³-hybridized carbons (Fsp3) is 0.250. The van der Waals surface area contributed by atoms with E-state index in [0.717, 1.165) is 31.8 Å². The molecule has 134 valence electrons. The molecule has 1 aromatic heterocycles. The average molecular weight is 384 g/mol. The molecular weight excluding hydrogens is 362 g/mol. The van der Waals surface area contributed by atoms with Crippen molar-refractivity contribution in [3.8, 4) is 0 Å². The van der Waals surface area contributed by atoms with Gasteiger partial charge in [0, 0.05) is 11.3 Å². The highest BCUT2D eigenvalue weighted by molar-refractivity contribution is 8.01. The van der Waals surface area contributed by atoms with Crippen molar-refractivity contribution in [2.45, 2.75) is 32.0 Å². The topological polar surface area (TPSA) is 54.9 Å². The number of benzene rings is 2. The first kappa shape index (κ1) is 18.6. The van der Waals surface area contributed by atoms with Crippen LogP contribution in [-0.4, -0.2) is 21.7 Å². The maximum Gasteiger partial charge on any atom is 0.210 e. The van der Waals surface area contributed by atoms with E-state index in [-0.39, 0.29) is 5.78 Å². The van der Waals surface area contributed by atoms with Crippen molar-refractivity contribution in [3.63, 3.8) is 0 Å². The highest BCUT2D eigenvalue weighted by atomic mass is 32.2. The Kier molecular flexibility index (Phi) is 5.74. The summed E-state index contributed by atoms with van der Waals surface area (Å²) in [5.74, 6) is 0.484. The van der Waals surface area contributed by atoms with Crippen LogP contribution in [-0.2, 0) is 0 Å². The molecule has 2 aromatic carbocycles. The normalized spacial score (nSPS) is 10.8. The third kappa shape index (κ3) is 4.31. The molecule has 0 amide bonds. The lowest BCUT2D eigenvalue weighted by Crippen LogP contribution is -2.05. The number of nitrogens with one attached hydrogen (secondary N) is 1. The van der Waals surface area contributed by atoms with Gasteiger partial charge in [-0.2, -0.15) is 0 Å². The van der Waals surface area contributed by atoms with E-state index in [4.69, 9.17) is 0 Å². The molecule has 26 heavy (non-hydrogen) atoms. The van der Waals surface area contributed by atoms with Gasteiger partial charge in [0.2, 0.25) is 5.13 Å². The summed E-state index contributed by atoms with van der Waals surface area (Å²) in [4.78, 5) is 12.5. The number of rotatable bonds is 6. The zero-order valence-electron chi connectivity index (χ0n) is 15.3. The zero-order valence-corrected chi connectivity index (χ0v) is 16.9. The van der Waals surface area contributed by atoms with Crippen molar-refractivity contribution >= 4 is 39.7 Å². The highest BCUT2D eigenvalue weighted by Gasteiger charge is 2.13. The highest BCUT2D eigenvalue weighted by Crippen LogP contribution is 2.30. The van der Waals surface area contributed by atoms with Gasteiger partial charge in [0.25, 0.3) is 0 Å². The number of ketones is 1. The van der Waals surface area contributed by atoms with Crippen LogP contribution in [0.1, 0.15) is 32.6 Å². The quantitative estimate of drug-likeness (QED) is 0.450.